The molecule has 0 amide bonds. The molecule has 0 aliphatic heterocycles. The monoisotopic (exact) mass is 287 g/mol. The van der Waals surface area contributed by atoms with Crippen molar-refractivity contribution in [2.75, 3.05) is 6.54 Å². The maximum atomic E-state index is 4.83. The molecule has 21 heavy (non-hydrogen) atoms. The third-order valence-electron chi connectivity index (χ3n) is 4.07. The van der Waals surface area contributed by atoms with E-state index in [1.165, 1.54) is 11.3 Å². The largest absolute Gasteiger partial charge is 0.326 e. The van der Waals surface area contributed by atoms with Gasteiger partial charge in [-0.2, -0.15) is 0 Å². The molecule has 1 heterocycles. The highest BCUT2D eigenvalue weighted by molar-refractivity contribution is 5.75. The number of rotatable bonds is 6. The van der Waals surface area contributed by atoms with E-state index in [1.807, 2.05) is 0 Å². The first-order valence-electron chi connectivity index (χ1n) is 8.14. The van der Waals surface area contributed by atoms with Crippen LogP contribution in [0.5, 0.6) is 0 Å². The van der Waals surface area contributed by atoms with Crippen molar-refractivity contribution in [1.29, 1.82) is 0 Å². The van der Waals surface area contributed by atoms with Crippen molar-refractivity contribution in [3.8, 4) is 0 Å². The number of imidazole rings is 1. The zero-order valence-electron chi connectivity index (χ0n) is 14.1. The molecule has 1 aromatic carbocycles. The van der Waals surface area contributed by atoms with E-state index in [0.29, 0.717) is 6.04 Å². The van der Waals surface area contributed by atoms with Crippen LogP contribution < -0.4 is 5.32 Å². The van der Waals surface area contributed by atoms with E-state index in [2.05, 4.69) is 68.8 Å². The Balaban J connectivity index is 2.40. The number of hydrogen-bond acceptors (Lipinski definition) is 2. The summed E-state index contributed by atoms with van der Waals surface area (Å²) in [5.74, 6) is 1.21. The van der Waals surface area contributed by atoms with E-state index in [4.69, 9.17) is 4.98 Å². The van der Waals surface area contributed by atoms with E-state index in [0.717, 1.165) is 31.4 Å². The highest BCUT2D eigenvalue weighted by Gasteiger charge is 2.25. The standard InChI is InChI=1S/C18H29N3/c1-6-10-17-20-14-11-8-9-12-15(14)21(17)13-16(19-7-2)18(3,4)5/h8-9,11-12,16,19H,6-7,10,13H2,1-5H3. The highest BCUT2D eigenvalue weighted by atomic mass is 15.1. The molecule has 1 atom stereocenters. The molecule has 1 N–H and O–H groups in total. The van der Waals surface area contributed by atoms with E-state index in [1.54, 1.807) is 0 Å². The van der Waals surface area contributed by atoms with Crippen molar-refractivity contribution in [1.82, 2.24) is 14.9 Å². The Bertz CT molecular complexity index is 578. The van der Waals surface area contributed by atoms with Crippen LogP contribution in [0.25, 0.3) is 11.0 Å². The minimum Gasteiger partial charge on any atom is -0.326 e. The number of para-hydroxylation sites is 2. The molecule has 0 bridgehead atoms. The maximum Gasteiger partial charge on any atom is 0.109 e. The first-order chi connectivity index (χ1) is 9.97. The van der Waals surface area contributed by atoms with Crippen molar-refractivity contribution in [2.45, 2.75) is 60.0 Å². The van der Waals surface area contributed by atoms with Gasteiger partial charge in [-0.3, -0.25) is 0 Å². The molecule has 0 saturated heterocycles. The fourth-order valence-electron chi connectivity index (χ4n) is 2.82. The minimum atomic E-state index is 0.227. The molecule has 0 spiro atoms. The van der Waals surface area contributed by atoms with E-state index in [9.17, 15) is 0 Å². The fourth-order valence-corrected chi connectivity index (χ4v) is 2.82. The van der Waals surface area contributed by atoms with Crippen LogP contribution >= 0.6 is 0 Å². The van der Waals surface area contributed by atoms with Crippen LogP contribution in [-0.4, -0.2) is 22.1 Å². The van der Waals surface area contributed by atoms with Gasteiger partial charge in [0.2, 0.25) is 0 Å². The van der Waals surface area contributed by atoms with E-state index >= 15 is 0 Å². The van der Waals surface area contributed by atoms with Crippen molar-refractivity contribution in [2.24, 2.45) is 5.41 Å². The van der Waals surface area contributed by atoms with Gasteiger partial charge in [-0.15, -0.1) is 0 Å². The zero-order chi connectivity index (χ0) is 15.5. The lowest BCUT2D eigenvalue weighted by Crippen LogP contribution is -2.43. The Hall–Kier alpha value is -1.35. The van der Waals surface area contributed by atoms with Crippen LogP contribution in [0.2, 0.25) is 0 Å². The molecule has 1 unspecified atom stereocenters. The first-order valence-corrected chi connectivity index (χ1v) is 8.14. The van der Waals surface area contributed by atoms with Gasteiger partial charge < -0.3 is 9.88 Å². The quantitative estimate of drug-likeness (QED) is 0.870. The summed E-state index contributed by atoms with van der Waals surface area (Å²) in [7, 11) is 0. The number of likely N-dealkylation sites (N-methyl/N-ethyl adjacent to an activating group) is 1. The lowest BCUT2D eigenvalue weighted by molar-refractivity contribution is 0.245. The third kappa shape index (κ3) is 3.65. The van der Waals surface area contributed by atoms with Gasteiger partial charge in [-0.1, -0.05) is 46.8 Å². The number of aromatic nitrogens is 2. The molecule has 0 aliphatic rings. The van der Waals surface area contributed by atoms with Crippen molar-refractivity contribution in [3.63, 3.8) is 0 Å². The number of nitrogens with zero attached hydrogens (tertiary/aromatic N) is 2. The van der Waals surface area contributed by atoms with Gasteiger partial charge in [0.15, 0.2) is 0 Å². The lowest BCUT2D eigenvalue weighted by atomic mass is 9.86. The Kier molecular flexibility index (Phi) is 5.04. The van der Waals surface area contributed by atoms with Gasteiger partial charge >= 0.3 is 0 Å². The molecule has 0 aliphatic carbocycles. The number of fused-ring (bicyclic) bond motifs is 1. The average molecular weight is 287 g/mol. The second kappa shape index (κ2) is 6.61. The Morgan fingerprint density at radius 1 is 1.19 bits per heavy atom. The SMILES string of the molecule is CCCc1nc2ccccc2n1CC(NCC)C(C)(C)C. The van der Waals surface area contributed by atoms with Crippen molar-refractivity contribution < 1.29 is 0 Å². The summed E-state index contributed by atoms with van der Waals surface area (Å²) in [6, 6.07) is 8.92. The normalized spacial score (nSPS) is 13.8. The second-order valence-electron chi connectivity index (χ2n) is 6.85. The van der Waals surface area contributed by atoms with Gasteiger partial charge in [0, 0.05) is 19.0 Å². The highest BCUT2D eigenvalue weighted by Crippen LogP contribution is 2.24. The third-order valence-corrected chi connectivity index (χ3v) is 4.07. The molecule has 116 valence electrons. The number of benzene rings is 1. The molecular formula is C18H29N3. The summed E-state index contributed by atoms with van der Waals surface area (Å²) in [6.45, 7) is 13.3. The molecule has 3 heteroatoms. The van der Waals surface area contributed by atoms with Crippen LogP contribution in [0.1, 0.15) is 46.9 Å². The molecule has 1 aromatic heterocycles. The van der Waals surface area contributed by atoms with Crippen LogP contribution in [0.3, 0.4) is 0 Å². The molecule has 2 rings (SSSR count). The van der Waals surface area contributed by atoms with Crippen LogP contribution in [0, 0.1) is 5.41 Å². The van der Waals surface area contributed by atoms with Crippen LogP contribution in [0.4, 0.5) is 0 Å². The predicted octanol–water partition coefficient (Wildman–Crippen LogP) is 4.01. The lowest BCUT2D eigenvalue weighted by Gasteiger charge is -2.32. The van der Waals surface area contributed by atoms with E-state index < -0.39 is 0 Å². The fraction of sp³-hybridized carbons (Fsp3) is 0.611. The number of aryl methyl sites for hydroxylation is 1. The van der Waals surface area contributed by atoms with Crippen molar-refractivity contribution >= 4 is 11.0 Å². The van der Waals surface area contributed by atoms with Crippen LogP contribution in [-0.2, 0) is 13.0 Å². The summed E-state index contributed by atoms with van der Waals surface area (Å²) < 4.78 is 2.41. The minimum absolute atomic E-state index is 0.227. The Morgan fingerprint density at radius 2 is 1.90 bits per heavy atom. The average Bonchev–Trinajstić information content (AvgIpc) is 2.76. The smallest absolute Gasteiger partial charge is 0.109 e. The van der Waals surface area contributed by atoms with Crippen LogP contribution in [0.15, 0.2) is 24.3 Å². The summed E-state index contributed by atoms with van der Waals surface area (Å²) in [4.78, 5) is 4.83. The predicted molar refractivity (Wildman–Crippen MR) is 90.6 cm³/mol. The second-order valence-corrected chi connectivity index (χ2v) is 6.85. The summed E-state index contributed by atoms with van der Waals surface area (Å²) in [6.07, 6.45) is 2.17. The van der Waals surface area contributed by atoms with Gasteiger partial charge in [-0.05, 0) is 30.5 Å². The summed E-state index contributed by atoms with van der Waals surface area (Å²) in [5.41, 5.74) is 2.60. The maximum absolute atomic E-state index is 4.83. The molecule has 2 aromatic rings. The Labute approximate surface area is 128 Å². The van der Waals surface area contributed by atoms with Gasteiger partial charge in [0.05, 0.1) is 11.0 Å². The molecule has 0 saturated carbocycles. The topological polar surface area (TPSA) is 29.9 Å². The molecule has 3 nitrogen and oxygen atoms in total. The van der Waals surface area contributed by atoms with Crippen molar-refractivity contribution in [3.05, 3.63) is 30.1 Å². The molecule has 0 fully saturated rings. The number of hydrogen-bond donors (Lipinski definition) is 1. The van der Waals surface area contributed by atoms with E-state index in [-0.39, 0.29) is 5.41 Å². The first kappa shape index (κ1) is 16.0. The molecule has 0 radical (unpaired) electrons. The summed E-state index contributed by atoms with van der Waals surface area (Å²) >= 11 is 0. The van der Waals surface area contributed by atoms with Gasteiger partial charge in [-0.25, -0.2) is 4.98 Å². The van der Waals surface area contributed by atoms with Gasteiger partial charge in [0.25, 0.3) is 0 Å². The zero-order valence-corrected chi connectivity index (χ0v) is 14.1. The van der Waals surface area contributed by atoms with Gasteiger partial charge in [0.1, 0.15) is 5.82 Å². The number of nitrogens with one attached hydrogen (secondary N) is 1. The molecular weight excluding hydrogens is 258 g/mol. The summed E-state index contributed by atoms with van der Waals surface area (Å²) in [5, 5.41) is 3.65. The Morgan fingerprint density at radius 3 is 2.52 bits per heavy atom.